The number of esters is 1. The topological polar surface area (TPSA) is 64.6 Å². The summed E-state index contributed by atoms with van der Waals surface area (Å²) in [5.41, 5.74) is 2.39. The van der Waals surface area contributed by atoms with Crippen LogP contribution in [0, 0.1) is 6.92 Å². The van der Waals surface area contributed by atoms with E-state index in [1.54, 1.807) is 25.3 Å². The van der Waals surface area contributed by atoms with Gasteiger partial charge in [-0.25, -0.2) is 0 Å². The Morgan fingerprint density at radius 3 is 2.50 bits per heavy atom. The molecule has 0 aliphatic rings. The Balaban J connectivity index is 1.85. The van der Waals surface area contributed by atoms with E-state index in [1.807, 2.05) is 31.2 Å². The van der Waals surface area contributed by atoms with Gasteiger partial charge in [-0.05, 0) is 37.3 Å². The lowest BCUT2D eigenvalue weighted by Gasteiger charge is -2.10. The molecule has 2 aromatic rings. The van der Waals surface area contributed by atoms with Gasteiger partial charge in [-0.2, -0.15) is 0 Å². The average Bonchev–Trinajstić information content (AvgIpc) is 2.55. The van der Waals surface area contributed by atoms with Crippen LogP contribution in [0.3, 0.4) is 0 Å². The van der Waals surface area contributed by atoms with E-state index in [2.05, 4.69) is 21.2 Å². The monoisotopic (exact) mass is 391 g/mol. The van der Waals surface area contributed by atoms with Crippen molar-refractivity contribution in [2.75, 3.05) is 19.0 Å². The second-order valence-corrected chi connectivity index (χ2v) is 6.12. The molecule has 0 fully saturated rings. The van der Waals surface area contributed by atoms with Crippen molar-refractivity contribution >= 4 is 33.5 Å². The quantitative estimate of drug-likeness (QED) is 0.765. The smallest absolute Gasteiger partial charge is 0.310 e. The second-order valence-electron chi connectivity index (χ2n) is 5.21. The van der Waals surface area contributed by atoms with Crippen molar-refractivity contribution in [2.45, 2.75) is 13.3 Å². The Bertz CT molecular complexity index is 728. The molecule has 126 valence electrons. The van der Waals surface area contributed by atoms with Crippen LogP contribution in [0.15, 0.2) is 46.9 Å². The number of benzene rings is 2. The Morgan fingerprint density at radius 2 is 1.83 bits per heavy atom. The second kappa shape index (κ2) is 8.49. The molecule has 0 aliphatic carbocycles. The van der Waals surface area contributed by atoms with Crippen molar-refractivity contribution in [3.05, 3.63) is 58.1 Å². The fourth-order valence-corrected chi connectivity index (χ4v) is 2.39. The molecule has 1 amide bonds. The molecule has 0 unspecified atom stereocenters. The summed E-state index contributed by atoms with van der Waals surface area (Å²) in [5.74, 6) is -0.247. The van der Waals surface area contributed by atoms with Gasteiger partial charge in [0.25, 0.3) is 5.91 Å². The maximum atomic E-state index is 11.9. The standard InChI is InChI=1S/C18H18BrNO4/c1-12-3-8-16(23-2)13(9-12)10-18(22)24-11-17(21)20-15-6-4-14(19)5-7-15/h3-9H,10-11H2,1-2H3,(H,20,21). The molecule has 0 aromatic heterocycles. The first-order valence-electron chi connectivity index (χ1n) is 7.32. The van der Waals surface area contributed by atoms with Gasteiger partial charge in [0.2, 0.25) is 0 Å². The first kappa shape index (κ1) is 18.0. The molecule has 0 bridgehead atoms. The summed E-state index contributed by atoms with van der Waals surface area (Å²) in [5, 5.41) is 2.66. The molecular formula is C18H18BrNO4. The molecule has 2 aromatic carbocycles. The molecule has 6 heteroatoms. The van der Waals surface area contributed by atoms with Crippen molar-refractivity contribution in [1.82, 2.24) is 0 Å². The third-order valence-corrected chi connectivity index (χ3v) is 3.79. The van der Waals surface area contributed by atoms with Gasteiger partial charge in [0.15, 0.2) is 6.61 Å². The molecular weight excluding hydrogens is 374 g/mol. The third kappa shape index (κ3) is 5.38. The Labute approximate surface area is 149 Å². The fourth-order valence-electron chi connectivity index (χ4n) is 2.13. The zero-order valence-electron chi connectivity index (χ0n) is 13.5. The van der Waals surface area contributed by atoms with Crippen LogP contribution >= 0.6 is 15.9 Å². The van der Waals surface area contributed by atoms with Gasteiger partial charge in [-0.1, -0.05) is 33.6 Å². The number of carbonyl (C=O) groups is 2. The lowest BCUT2D eigenvalue weighted by molar-refractivity contribution is -0.146. The maximum absolute atomic E-state index is 11.9. The van der Waals surface area contributed by atoms with E-state index in [1.165, 1.54) is 0 Å². The molecule has 24 heavy (non-hydrogen) atoms. The third-order valence-electron chi connectivity index (χ3n) is 3.26. The highest BCUT2D eigenvalue weighted by Crippen LogP contribution is 2.20. The first-order chi connectivity index (χ1) is 11.5. The molecule has 0 radical (unpaired) electrons. The lowest BCUT2D eigenvalue weighted by atomic mass is 10.1. The van der Waals surface area contributed by atoms with Crippen LogP contribution in [0.5, 0.6) is 5.75 Å². The predicted molar refractivity (Wildman–Crippen MR) is 95.2 cm³/mol. The number of hydrogen-bond donors (Lipinski definition) is 1. The van der Waals surface area contributed by atoms with Gasteiger partial charge in [0.05, 0.1) is 13.5 Å². The number of rotatable bonds is 6. The SMILES string of the molecule is COc1ccc(C)cc1CC(=O)OCC(=O)Nc1ccc(Br)cc1. The van der Waals surface area contributed by atoms with Gasteiger partial charge in [-0.3, -0.25) is 9.59 Å². The van der Waals surface area contributed by atoms with Crippen molar-refractivity contribution in [1.29, 1.82) is 0 Å². The number of halogens is 1. The molecule has 2 rings (SSSR count). The van der Waals surface area contributed by atoms with Crippen molar-refractivity contribution in [2.24, 2.45) is 0 Å². The fraction of sp³-hybridized carbons (Fsp3) is 0.222. The van der Waals surface area contributed by atoms with Crippen LogP contribution in [0.4, 0.5) is 5.69 Å². The first-order valence-corrected chi connectivity index (χ1v) is 8.12. The maximum Gasteiger partial charge on any atom is 0.310 e. The highest BCUT2D eigenvalue weighted by molar-refractivity contribution is 9.10. The molecule has 0 saturated heterocycles. The highest BCUT2D eigenvalue weighted by Gasteiger charge is 2.12. The summed E-state index contributed by atoms with van der Waals surface area (Å²) < 4.78 is 11.2. The van der Waals surface area contributed by atoms with Gasteiger partial charge in [-0.15, -0.1) is 0 Å². The van der Waals surface area contributed by atoms with E-state index < -0.39 is 5.97 Å². The zero-order chi connectivity index (χ0) is 17.5. The molecule has 0 heterocycles. The van der Waals surface area contributed by atoms with Gasteiger partial charge < -0.3 is 14.8 Å². The number of amides is 1. The normalized spacial score (nSPS) is 10.1. The summed E-state index contributed by atoms with van der Waals surface area (Å²) >= 11 is 3.32. The van der Waals surface area contributed by atoms with E-state index in [9.17, 15) is 9.59 Å². The zero-order valence-corrected chi connectivity index (χ0v) is 15.1. The van der Waals surface area contributed by atoms with Crippen LogP contribution < -0.4 is 10.1 Å². The molecule has 5 nitrogen and oxygen atoms in total. The van der Waals surface area contributed by atoms with E-state index in [0.717, 1.165) is 15.6 Å². The van der Waals surface area contributed by atoms with Crippen LogP contribution in [0.2, 0.25) is 0 Å². The lowest BCUT2D eigenvalue weighted by Crippen LogP contribution is -2.21. The average molecular weight is 392 g/mol. The minimum Gasteiger partial charge on any atom is -0.496 e. The summed E-state index contributed by atoms with van der Waals surface area (Å²) in [6.45, 7) is 1.60. The largest absolute Gasteiger partial charge is 0.496 e. The summed E-state index contributed by atoms with van der Waals surface area (Å²) in [4.78, 5) is 23.7. The van der Waals surface area contributed by atoms with E-state index in [4.69, 9.17) is 9.47 Å². The number of nitrogens with one attached hydrogen (secondary N) is 1. The number of ether oxygens (including phenoxy) is 2. The minimum atomic E-state index is -0.482. The van der Waals surface area contributed by atoms with Crippen LogP contribution in [0.1, 0.15) is 11.1 Å². The van der Waals surface area contributed by atoms with Crippen LogP contribution in [-0.2, 0) is 20.7 Å². The number of aryl methyl sites for hydroxylation is 1. The predicted octanol–water partition coefficient (Wildman–Crippen LogP) is 3.49. The number of carbonyl (C=O) groups excluding carboxylic acids is 2. The van der Waals surface area contributed by atoms with Crippen molar-refractivity contribution < 1.29 is 19.1 Å². The van der Waals surface area contributed by atoms with Gasteiger partial charge >= 0.3 is 5.97 Å². The van der Waals surface area contributed by atoms with Crippen LogP contribution in [-0.4, -0.2) is 25.6 Å². The summed E-state index contributed by atoms with van der Waals surface area (Å²) in [7, 11) is 1.55. The van der Waals surface area contributed by atoms with Crippen molar-refractivity contribution in [3.63, 3.8) is 0 Å². The van der Waals surface area contributed by atoms with Crippen LogP contribution in [0.25, 0.3) is 0 Å². The Hall–Kier alpha value is -2.34. The summed E-state index contributed by atoms with van der Waals surface area (Å²) in [6, 6.07) is 12.7. The molecule has 0 atom stereocenters. The Kier molecular flexibility index (Phi) is 6.37. The van der Waals surface area contributed by atoms with E-state index in [0.29, 0.717) is 11.4 Å². The molecule has 1 N–H and O–H groups in total. The van der Waals surface area contributed by atoms with Gasteiger partial charge in [0, 0.05) is 15.7 Å². The molecule has 0 aliphatic heterocycles. The number of hydrogen-bond acceptors (Lipinski definition) is 4. The molecule has 0 saturated carbocycles. The Morgan fingerprint density at radius 1 is 1.12 bits per heavy atom. The minimum absolute atomic E-state index is 0.0520. The number of anilines is 1. The highest BCUT2D eigenvalue weighted by atomic mass is 79.9. The summed E-state index contributed by atoms with van der Waals surface area (Å²) in [6.07, 6.45) is 0.0520. The van der Waals surface area contributed by atoms with E-state index in [-0.39, 0.29) is 18.9 Å². The molecule has 0 spiro atoms. The van der Waals surface area contributed by atoms with E-state index >= 15 is 0 Å². The van der Waals surface area contributed by atoms with Gasteiger partial charge in [0.1, 0.15) is 5.75 Å². The number of methoxy groups -OCH3 is 1. The van der Waals surface area contributed by atoms with Crippen molar-refractivity contribution in [3.8, 4) is 5.75 Å².